The van der Waals surface area contributed by atoms with Crippen molar-refractivity contribution in [1.82, 2.24) is 4.31 Å². The zero-order valence-electron chi connectivity index (χ0n) is 17.7. The summed E-state index contributed by atoms with van der Waals surface area (Å²) >= 11 is 3.33. The van der Waals surface area contributed by atoms with Crippen molar-refractivity contribution < 1.29 is 13.2 Å². The second kappa shape index (κ2) is 9.77. The van der Waals surface area contributed by atoms with Gasteiger partial charge < -0.3 is 5.32 Å². The molecular weight excluding hydrogens is 476 g/mol. The molecule has 1 amide bonds. The van der Waals surface area contributed by atoms with E-state index in [4.69, 9.17) is 0 Å². The first kappa shape index (κ1) is 23.2. The summed E-state index contributed by atoms with van der Waals surface area (Å²) in [6.07, 6.45) is 0. The molecule has 0 spiro atoms. The zero-order chi connectivity index (χ0) is 22.6. The van der Waals surface area contributed by atoms with Crippen molar-refractivity contribution in [3.8, 4) is 0 Å². The maximum Gasteiger partial charge on any atom is 0.243 e. The third-order valence-corrected chi connectivity index (χ3v) is 7.25. The van der Waals surface area contributed by atoms with E-state index in [9.17, 15) is 13.2 Å². The average Bonchev–Trinajstić information content (AvgIpc) is 2.72. The van der Waals surface area contributed by atoms with Gasteiger partial charge in [-0.2, -0.15) is 4.31 Å². The Morgan fingerprint density at radius 1 is 0.903 bits per heavy atom. The van der Waals surface area contributed by atoms with Crippen LogP contribution in [0.3, 0.4) is 0 Å². The Morgan fingerprint density at radius 3 is 2.16 bits per heavy atom. The van der Waals surface area contributed by atoms with Crippen molar-refractivity contribution in [1.29, 1.82) is 0 Å². The quantitative estimate of drug-likeness (QED) is 0.484. The average molecular weight is 501 g/mol. The van der Waals surface area contributed by atoms with Crippen molar-refractivity contribution >= 4 is 37.5 Å². The number of carbonyl (C=O) groups is 1. The zero-order valence-corrected chi connectivity index (χ0v) is 20.1. The maximum atomic E-state index is 13.4. The van der Waals surface area contributed by atoms with Gasteiger partial charge >= 0.3 is 0 Å². The molecular formula is C24H25BrN2O3S. The molecule has 0 aliphatic heterocycles. The number of hydrogen-bond donors (Lipinski definition) is 1. The molecule has 0 saturated heterocycles. The molecule has 0 aliphatic carbocycles. The number of nitrogens with one attached hydrogen (secondary N) is 1. The Labute approximate surface area is 192 Å². The molecule has 3 aromatic carbocycles. The highest BCUT2D eigenvalue weighted by Crippen LogP contribution is 2.22. The molecule has 3 aromatic rings. The molecule has 162 valence electrons. The van der Waals surface area contributed by atoms with Crippen molar-refractivity contribution in [3.05, 3.63) is 93.5 Å². The van der Waals surface area contributed by atoms with Crippen molar-refractivity contribution in [3.63, 3.8) is 0 Å². The van der Waals surface area contributed by atoms with Crippen LogP contribution in [0.25, 0.3) is 0 Å². The van der Waals surface area contributed by atoms with Gasteiger partial charge in [0.1, 0.15) is 0 Å². The fourth-order valence-electron chi connectivity index (χ4n) is 3.10. The summed E-state index contributed by atoms with van der Waals surface area (Å²) in [5.41, 5.74) is 4.51. The predicted molar refractivity (Wildman–Crippen MR) is 127 cm³/mol. The van der Waals surface area contributed by atoms with Gasteiger partial charge in [0.15, 0.2) is 0 Å². The highest BCUT2D eigenvalue weighted by molar-refractivity contribution is 9.10. The van der Waals surface area contributed by atoms with E-state index < -0.39 is 10.0 Å². The highest BCUT2D eigenvalue weighted by Gasteiger charge is 2.27. The number of hydrogen-bond acceptors (Lipinski definition) is 3. The van der Waals surface area contributed by atoms with E-state index in [-0.39, 0.29) is 23.9 Å². The number of anilines is 1. The molecule has 3 rings (SSSR count). The lowest BCUT2D eigenvalue weighted by atomic mass is 10.1. The fourth-order valence-corrected chi connectivity index (χ4v) is 4.75. The third-order valence-electron chi connectivity index (χ3n) is 4.92. The van der Waals surface area contributed by atoms with Crippen LogP contribution in [0.15, 0.2) is 76.1 Å². The fraction of sp³-hybridized carbons (Fsp3) is 0.208. The second-order valence-corrected chi connectivity index (χ2v) is 10.4. The van der Waals surface area contributed by atoms with E-state index in [1.165, 1.54) is 16.4 Å². The van der Waals surface area contributed by atoms with E-state index >= 15 is 0 Å². The predicted octanol–water partition coefficient (Wildman–Crippen LogP) is 5.20. The molecule has 0 radical (unpaired) electrons. The van der Waals surface area contributed by atoms with Crippen LogP contribution in [-0.2, 0) is 21.4 Å². The van der Waals surface area contributed by atoms with Crippen LogP contribution in [0.4, 0.5) is 5.69 Å². The van der Waals surface area contributed by atoms with Crippen LogP contribution in [0, 0.1) is 20.8 Å². The summed E-state index contributed by atoms with van der Waals surface area (Å²) in [6.45, 7) is 5.62. The number of carbonyl (C=O) groups excluding carboxylic acids is 1. The van der Waals surface area contributed by atoms with Gasteiger partial charge in [-0.1, -0.05) is 57.9 Å². The minimum absolute atomic E-state index is 0.0961. The molecule has 31 heavy (non-hydrogen) atoms. The first-order valence-corrected chi connectivity index (χ1v) is 12.1. The largest absolute Gasteiger partial charge is 0.325 e. The Hall–Kier alpha value is -2.48. The van der Waals surface area contributed by atoms with Gasteiger partial charge in [-0.3, -0.25) is 4.79 Å². The summed E-state index contributed by atoms with van der Waals surface area (Å²) in [6, 6.07) is 19.8. The van der Waals surface area contributed by atoms with Crippen LogP contribution < -0.4 is 5.32 Å². The number of rotatable bonds is 7. The molecule has 0 aliphatic rings. The molecule has 1 N–H and O–H groups in total. The van der Waals surface area contributed by atoms with Gasteiger partial charge in [-0.25, -0.2) is 8.42 Å². The summed E-state index contributed by atoms with van der Waals surface area (Å²) in [7, 11) is -3.88. The molecule has 0 unspecified atom stereocenters. The van der Waals surface area contributed by atoms with Crippen molar-refractivity contribution in [2.75, 3.05) is 11.9 Å². The minimum atomic E-state index is -3.88. The maximum absolute atomic E-state index is 13.4. The SMILES string of the molecule is Cc1ccc(CN(CC(=O)Nc2cc(C)ccc2C)S(=O)(=O)c2ccc(Br)cc2)cc1. The molecule has 0 fully saturated rings. The molecule has 5 nitrogen and oxygen atoms in total. The number of amides is 1. The second-order valence-electron chi connectivity index (χ2n) is 7.58. The van der Waals surface area contributed by atoms with Crippen molar-refractivity contribution in [2.45, 2.75) is 32.2 Å². The molecule has 0 heterocycles. The minimum Gasteiger partial charge on any atom is -0.325 e. The van der Waals surface area contributed by atoms with Gasteiger partial charge in [0.25, 0.3) is 0 Å². The van der Waals surface area contributed by atoms with Gasteiger partial charge in [0.2, 0.25) is 15.9 Å². The van der Waals surface area contributed by atoms with E-state index in [0.717, 1.165) is 26.7 Å². The Morgan fingerprint density at radius 2 is 1.52 bits per heavy atom. The molecule has 0 saturated carbocycles. The first-order chi connectivity index (χ1) is 14.6. The van der Waals surface area contributed by atoms with Gasteiger partial charge in [0.05, 0.1) is 11.4 Å². The standard InChI is InChI=1S/C24H25BrN2O3S/c1-17-5-8-20(9-6-17)15-27(31(29,30)22-12-10-21(25)11-13-22)16-24(28)26-23-14-18(2)4-7-19(23)3/h4-14H,15-16H2,1-3H3,(H,26,28). The third kappa shape index (κ3) is 6.03. The summed E-state index contributed by atoms with van der Waals surface area (Å²) in [4.78, 5) is 13.0. The van der Waals surface area contributed by atoms with E-state index in [0.29, 0.717) is 5.69 Å². The lowest BCUT2D eigenvalue weighted by Gasteiger charge is -2.22. The van der Waals surface area contributed by atoms with Crippen LogP contribution in [-0.4, -0.2) is 25.2 Å². The molecule has 0 bridgehead atoms. The summed E-state index contributed by atoms with van der Waals surface area (Å²) < 4.78 is 28.7. The van der Waals surface area contributed by atoms with E-state index in [2.05, 4.69) is 21.2 Å². The van der Waals surface area contributed by atoms with Crippen LogP contribution in [0.1, 0.15) is 22.3 Å². The highest BCUT2D eigenvalue weighted by atomic mass is 79.9. The molecule has 7 heteroatoms. The number of sulfonamides is 1. The molecule has 0 atom stereocenters. The van der Waals surface area contributed by atoms with Gasteiger partial charge in [0, 0.05) is 16.7 Å². The van der Waals surface area contributed by atoms with Crippen LogP contribution >= 0.6 is 15.9 Å². The number of aryl methyl sites for hydroxylation is 3. The summed E-state index contributed by atoms with van der Waals surface area (Å²) in [5, 5.41) is 2.86. The lowest BCUT2D eigenvalue weighted by molar-refractivity contribution is -0.116. The topological polar surface area (TPSA) is 66.5 Å². The number of nitrogens with zero attached hydrogens (tertiary/aromatic N) is 1. The number of halogens is 1. The lowest BCUT2D eigenvalue weighted by Crippen LogP contribution is -2.37. The van der Waals surface area contributed by atoms with Crippen molar-refractivity contribution in [2.24, 2.45) is 0 Å². The monoisotopic (exact) mass is 500 g/mol. The van der Waals surface area contributed by atoms with Gasteiger partial charge in [-0.15, -0.1) is 0 Å². The Balaban J connectivity index is 1.89. The molecule has 0 aromatic heterocycles. The van der Waals surface area contributed by atoms with Gasteiger partial charge in [-0.05, 0) is 67.8 Å². The van der Waals surface area contributed by atoms with Crippen LogP contribution in [0.2, 0.25) is 0 Å². The van der Waals surface area contributed by atoms with E-state index in [1.807, 2.05) is 63.2 Å². The Kier molecular flexibility index (Phi) is 7.30. The Bertz CT molecular complexity index is 1170. The first-order valence-electron chi connectivity index (χ1n) is 9.83. The smallest absolute Gasteiger partial charge is 0.243 e. The van der Waals surface area contributed by atoms with Crippen LogP contribution in [0.5, 0.6) is 0 Å². The van der Waals surface area contributed by atoms with E-state index in [1.54, 1.807) is 12.1 Å². The number of benzene rings is 3. The normalized spacial score (nSPS) is 11.5. The summed E-state index contributed by atoms with van der Waals surface area (Å²) in [5.74, 6) is -0.388.